The standard InChI is InChI=1S/C12H12N2/c1-2-5-11(6-3-1)7-4-8-12-9-13-10-14-12/h1-6,8-10H,7H2,(H,13,14). The fourth-order valence-electron chi connectivity index (χ4n) is 1.29. The number of aromatic nitrogens is 2. The van der Waals surface area contributed by atoms with Gasteiger partial charge in [-0.05, 0) is 18.1 Å². The molecule has 0 radical (unpaired) electrons. The Morgan fingerprint density at radius 2 is 2.07 bits per heavy atom. The molecule has 2 rings (SSSR count). The molecule has 0 fully saturated rings. The number of benzene rings is 1. The van der Waals surface area contributed by atoms with E-state index in [1.165, 1.54) is 5.56 Å². The molecule has 0 amide bonds. The van der Waals surface area contributed by atoms with Crippen LogP contribution < -0.4 is 0 Å². The fourth-order valence-corrected chi connectivity index (χ4v) is 1.29. The second-order valence-corrected chi connectivity index (χ2v) is 3.10. The van der Waals surface area contributed by atoms with Gasteiger partial charge in [-0.25, -0.2) is 4.98 Å². The molecule has 1 aromatic heterocycles. The molecule has 0 unspecified atom stereocenters. The lowest BCUT2D eigenvalue weighted by atomic mass is 10.1. The summed E-state index contributed by atoms with van der Waals surface area (Å²) in [6.07, 6.45) is 8.62. The van der Waals surface area contributed by atoms with Crippen LogP contribution in [0.5, 0.6) is 0 Å². The topological polar surface area (TPSA) is 28.7 Å². The van der Waals surface area contributed by atoms with Crippen LogP contribution in [0.2, 0.25) is 0 Å². The predicted octanol–water partition coefficient (Wildman–Crippen LogP) is 2.67. The van der Waals surface area contributed by atoms with E-state index in [2.05, 4.69) is 40.3 Å². The largest absolute Gasteiger partial charge is 0.345 e. The lowest BCUT2D eigenvalue weighted by Crippen LogP contribution is -1.78. The van der Waals surface area contributed by atoms with Gasteiger partial charge in [-0.1, -0.05) is 36.4 Å². The molecule has 0 saturated heterocycles. The third-order valence-corrected chi connectivity index (χ3v) is 2.01. The van der Waals surface area contributed by atoms with E-state index in [4.69, 9.17) is 0 Å². The quantitative estimate of drug-likeness (QED) is 0.780. The van der Waals surface area contributed by atoms with Gasteiger partial charge in [0.2, 0.25) is 0 Å². The number of allylic oxidation sites excluding steroid dienone is 1. The van der Waals surface area contributed by atoms with Gasteiger partial charge in [0.15, 0.2) is 0 Å². The summed E-state index contributed by atoms with van der Waals surface area (Å²) in [5.41, 5.74) is 2.36. The molecule has 0 aliphatic rings. The molecule has 0 saturated carbocycles. The number of imidazole rings is 1. The Hall–Kier alpha value is -1.83. The highest BCUT2D eigenvalue weighted by atomic mass is 14.8. The molecule has 0 aliphatic heterocycles. The number of rotatable bonds is 3. The van der Waals surface area contributed by atoms with Crippen LogP contribution >= 0.6 is 0 Å². The lowest BCUT2D eigenvalue weighted by molar-refractivity contribution is 1.27. The van der Waals surface area contributed by atoms with Crippen LogP contribution in [0.3, 0.4) is 0 Å². The van der Waals surface area contributed by atoms with Crippen LogP contribution in [0.1, 0.15) is 11.3 Å². The van der Waals surface area contributed by atoms with E-state index in [-0.39, 0.29) is 0 Å². The summed E-state index contributed by atoms with van der Waals surface area (Å²) < 4.78 is 0. The van der Waals surface area contributed by atoms with E-state index in [9.17, 15) is 0 Å². The van der Waals surface area contributed by atoms with E-state index in [0.29, 0.717) is 0 Å². The number of hydrogen-bond donors (Lipinski definition) is 1. The Kier molecular flexibility index (Phi) is 2.76. The number of hydrogen-bond acceptors (Lipinski definition) is 1. The van der Waals surface area contributed by atoms with Gasteiger partial charge in [0, 0.05) is 0 Å². The predicted molar refractivity (Wildman–Crippen MR) is 57.8 cm³/mol. The molecule has 1 N–H and O–H groups in total. The SMILES string of the molecule is C(=Cc1cnc[nH]1)Cc1ccccc1. The average molecular weight is 184 g/mol. The third kappa shape index (κ3) is 2.33. The minimum absolute atomic E-state index is 0.958. The Labute approximate surface area is 83.3 Å². The zero-order valence-corrected chi connectivity index (χ0v) is 7.85. The average Bonchev–Trinajstić information content (AvgIpc) is 2.72. The van der Waals surface area contributed by atoms with Gasteiger partial charge >= 0.3 is 0 Å². The van der Waals surface area contributed by atoms with Crippen LogP contribution in [-0.2, 0) is 6.42 Å². The highest BCUT2D eigenvalue weighted by molar-refractivity contribution is 5.43. The van der Waals surface area contributed by atoms with Crippen molar-refractivity contribution in [2.45, 2.75) is 6.42 Å². The molecule has 0 atom stereocenters. The Bertz CT molecular complexity index is 388. The molecule has 2 aromatic rings. The summed E-state index contributed by atoms with van der Waals surface area (Å²) >= 11 is 0. The van der Waals surface area contributed by atoms with Crippen molar-refractivity contribution in [1.29, 1.82) is 0 Å². The first kappa shape index (κ1) is 8.75. The maximum atomic E-state index is 3.94. The minimum Gasteiger partial charge on any atom is -0.345 e. The van der Waals surface area contributed by atoms with Gasteiger partial charge in [-0.2, -0.15) is 0 Å². The maximum Gasteiger partial charge on any atom is 0.0924 e. The Balaban J connectivity index is 1.95. The second-order valence-electron chi connectivity index (χ2n) is 3.10. The van der Waals surface area contributed by atoms with E-state index >= 15 is 0 Å². The highest BCUT2D eigenvalue weighted by Crippen LogP contribution is 2.02. The molecule has 0 aliphatic carbocycles. The first-order chi connectivity index (χ1) is 6.95. The van der Waals surface area contributed by atoms with Crippen molar-refractivity contribution in [1.82, 2.24) is 9.97 Å². The first-order valence-corrected chi connectivity index (χ1v) is 4.64. The van der Waals surface area contributed by atoms with Crippen molar-refractivity contribution in [3.8, 4) is 0 Å². The van der Waals surface area contributed by atoms with Gasteiger partial charge in [-0.15, -0.1) is 0 Å². The smallest absolute Gasteiger partial charge is 0.0924 e. The monoisotopic (exact) mass is 184 g/mol. The van der Waals surface area contributed by atoms with E-state index in [1.807, 2.05) is 18.3 Å². The number of H-pyrrole nitrogens is 1. The zero-order valence-electron chi connectivity index (χ0n) is 7.85. The van der Waals surface area contributed by atoms with Crippen molar-refractivity contribution < 1.29 is 0 Å². The highest BCUT2D eigenvalue weighted by Gasteiger charge is 1.87. The van der Waals surface area contributed by atoms with E-state index in [0.717, 1.165) is 12.1 Å². The van der Waals surface area contributed by atoms with Crippen molar-refractivity contribution >= 4 is 6.08 Å². The molecule has 14 heavy (non-hydrogen) atoms. The first-order valence-electron chi connectivity index (χ1n) is 4.64. The summed E-state index contributed by atoms with van der Waals surface area (Å²) in [6.45, 7) is 0. The molecule has 2 heteroatoms. The minimum atomic E-state index is 0.958. The lowest BCUT2D eigenvalue weighted by Gasteiger charge is -1.93. The van der Waals surface area contributed by atoms with Crippen molar-refractivity contribution in [3.63, 3.8) is 0 Å². The molecule has 1 aromatic carbocycles. The number of nitrogens with one attached hydrogen (secondary N) is 1. The van der Waals surface area contributed by atoms with Gasteiger partial charge in [-0.3, -0.25) is 0 Å². The molecule has 0 bridgehead atoms. The summed E-state index contributed by atoms with van der Waals surface area (Å²) in [6, 6.07) is 10.4. The number of aromatic amines is 1. The van der Waals surface area contributed by atoms with Crippen LogP contribution in [-0.4, -0.2) is 9.97 Å². The molecule has 0 spiro atoms. The van der Waals surface area contributed by atoms with Crippen molar-refractivity contribution in [2.75, 3.05) is 0 Å². The summed E-state index contributed by atoms with van der Waals surface area (Å²) in [4.78, 5) is 6.97. The third-order valence-electron chi connectivity index (χ3n) is 2.01. The normalized spacial score (nSPS) is 10.9. The van der Waals surface area contributed by atoms with Crippen molar-refractivity contribution in [3.05, 3.63) is 60.2 Å². The summed E-state index contributed by atoms with van der Waals surface area (Å²) in [7, 11) is 0. The van der Waals surface area contributed by atoms with Crippen LogP contribution in [0.25, 0.3) is 6.08 Å². The van der Waals surface area contributed by atoms with Crippen LogP contribution in [0, 0.1) is 0 Å². The van der Waals surface area contributed by atoms with E-state index < -0.39 is 0 Å². The van der Waals surface area contributed by atoms with Crippen LogP contribution in [0.15, 0.2) is 48.9 Å². The molecule has 1 heterocycles. The van der Waals surface area contributed by atoms with Gasteiger partial charge in [0.25, 0.3) is 0 Å². The Morgan fingerprint density at radius 1 is 1.21 bits per heavy atom. The van der Waals surface area contributed by atoms with Gasteiger partial charge in [0.05, 0.1) is 18.2 Å². The zero-order chi connectivity index (χ0) is 9.64. The summed E-state index contributed by atoms with van der Waals surface area (Å²) in [5, 5.41) is 0. The maximum absolute atomic E-state index is 3.94. The molecule has 2 nitrogen and oxygen atoms in total. The van der Waals surface area contributed by atoms with Gasteiger partial charge < -0.3 is 4.98 Å². The molecule has 70 valence electrons. The van der Waals surface area contributed by atoms with Gasteiger partial charge in [0.1, 0.15) is 0 Å². The van der Waals surface area contributed by atoms with Crippen LogP contribution in [0.4, 0.5) is 0 Å². The van der Waals surface area contributed by atoms with Crippen molar-refractivity contribution in [2.24, 2.45) is 0 Å². The second kappa shape index (κ2) is 4.42. The molecular weight excluding hydrogens is 172 g/mol. The molecular formula is C12H12N2. The fraction of sp³-hybridized carbons (Fsp3) is 0.0833. The number of nitrogens with zero attached hydrogens (tertiary/aromatic N) is 1. The van der Waals surface area contributed by atoms with E-state index in [1.54, 1.807) is 6.33 Å². The summed E-state index contributed by atoms with van der Waals surface area (Å²) in [5.74, 6) is 0. The Morgan fingerprint density at radius 3 is 2.79 bits per heavy atom.